The average Bonchev–Trinajstić information content (AvgIpc) is 3.21. The molecule has 4 atom stereocenters. The van der Waals surface area contributed by atoms with Crippen LogP contribution in [0.5, 0.6) is 23.0 Å². The number of anilines is 1. The summed E-state index contributed by atoms with van der Waals surface area (Å²) in [7, 11) is -2.04. The summed E-state index contributed by atoms with van der Waals surface area (Å²) in [5.41, 5.74) is 1.06. The number of benzene rings is 2. The van der Waals surface area contributed by atoms with Gasteiger partial charge in [0.1, 0.15) is 34.9 Å². The van der Waals surface area contributed by atoms with Gasteiger partial charge < -0.3 is 34.1 Å². The second-order valence-corrected chi connectivity index (χ2v) is 10.5. The number of phosphoric ester groups is 1. The topological polar surface area (TPSA) is 154 Å². The largest absolute Gasteiger partial charge is 0.587 e. The Morgan fingerprint density at radius 3 is 2.02 bits per heavy atom. The molecule has 0 amide bonds. The maximum Gasteiger partial charge on any atom is 0.587 e. The zero-order valence-electron chi connectivity index (χ0n) is 21.4. The lowest BCUT2D eigenvalue weighted by atomic mass is 9.98. The Balaban J connectivity index is 1.65. The minimum Gasteiger partial charge on any atom is -0.497 e. The van der Waals surface area contributed by atoms with Crippen LogP contribution >= 0.6 is 19.4 Å². The van der Waals surface area contributed by atoms with E-state index in [9.17, 15) is 23.2 Å². The number of methoxy groups -OCH3 is 2. The number of alkyl halides is 3. The molecule has 41 heavy (non-hydrogen) atoms. The van der Waals surface area contributed by atoms with Gasteiger partial charge in [0.2, 0.25) is 0 Å². The first-order valence-electron chi connectivity index (χ1n) is 11.7. The van der Waals surface area contributed by atoms with E-state index in [1.165, 1.54) is 62.8 Å². The van der Waals surface area contributed by atoms with Gasteiger partial charge in [0.05, 0.1) is 25.8 Å². The summed E-state index contributed by atoms with van der Waals surface area (Å²) in [6.45, 7) is -1.45. The van der Waals surface area contributed by atoms with Gasteiger partial charge in [-0.2, -0.15) is 4.98 Å². The third-order valence-corrected chi connectivity index (χ3v) is 7.58. The summed E-state index contributed by atoms with van der Waals surface area (Å²) in [6.07, 6.45) is -10.0. The van der Waals surface area contributed by atoms with Crippen LogP contribution < -0.4 is 29.9 Å². The molecule has 2 heterocycles. The van der Waals surface area contributed by atoms with Crippen LogP contribution in [0.25, 0.3) is 0 Å². The summed E-state index contributed by atoms with van der Waals surface area (Å²) < 4.78 is 89.9. The van der Waals surface area contributed by atoms with Gasteiger partial charge in [-0.15, -0.1) is 0 Å². The second-order valence-electron chi connectivity index (χ2n) is 8.57. The van der Waals surface area contributed by atoms with Crippen molar-refractivity contribution in [2.75, 3.05) is 26.6 Å². The Hall–Kier alpha value is -3.49. The van der Waals surface area contributed by atoms with E-state index >= 15 is 4.39 Å². The number of hydrogen-bond donors (Lipinski definition) is 2. The lowest BCUT2D eigenvalue weighted by Gasteiger charge is -2.30. The van der Waals surface area contributed by atoms with Gasteiger partial charge in [-0.3, -0.25) is 9.09 Å². The number of rotatable bonds is 11. The van der Waals surface area contributed by atoms with Crippen LogP contribution in [0.2, 0.25) is 5.02 Å². The van der Waals surface area contributed by atoms with Crippen molar-refractivity contribution in [3.63, 3.8) is 0 Å². The molecular formula is C24H24ClF3N3O9P. The van der Waals surface area contributed by atoms with Crippen LogP contribution in [0.1, 0.15) is 6.23 Å². The van der Waals surface area contributed by atoms with Crippen LogP contribution in [-0.2, 0) is 13.8 Å². The Bertz CT molecular complexity index is 1410. The third kappa shape index (κ3) is 6.39. The van der Waals surface area contributed by atoms with Crippen LogP contribution in [0.15, 0.2) is 59.5 Å². The molecule has 0 aliphatic carbocycles. The Morgan fingerprint density at radius 1 is 1.07 bits per heavy atom. The fraction of sp³-hybridized carbons (Fsp3) is 0.333. The number of nitrogens with zero attached hydrogens (tertiary/aromatic N) is 2. The van der Waals surface area contributed by atoms with E-state index in [-0.39, 0.29) is 22.3 Å². The number of hydrogen-bond acceptors (Lipinski definition) is 11. The fourth-order valence-corrected chi connectivity index (χ4v) is 5.20. The number of ether oxygens (including phenoxy) is 3. The predicted octanol–water partition coefficient (Wildman–Crippen LogP) is 4.01. The number of aliphatic hydroxyl groups excluding tert-OH is 1. The first-order valence-corrected chi connectivity index (χ1v) is 13.5. The summed E-state index contributed by atoms with van der Waals surface area (Å²) in [5.74, 6) is 0.309. The third-order valence-electron chi connectivity index (χ3n) is 5.98. The summed E-state index contributed by atoms with van der Waals surface area (Å²) in [5, 5.41) is 10.2. The monoisotopic (exact) mass is 621 g/mol. The van der Waals surface area contributed by atoms with E-state index in [2.05, 4.69) is 4.98 Å². The van der Waals surface area contributed by atoms with Crippen molar-refractivity contribution in [2.24, 2.45) is 0 Å². The van der Waals surface area contributed by atoms with Crippen LogP contribution in [-0.4, -0.2) is 59.8 Å². The van der Waals surface area contributed by atoms with Crippen LogP contribution in [0.4, 0.5) is 19.0 Å². The lowest BCUT2D eigenvalue weighted by Crippen LogP contribution is -2.50. The second kappa shape index (κ2) is 12.2. The molecular weight excluding hydrogens is 598 g/mol. The van der Waals surface area contributed by atoms with E-state index < -0.39 is 50.6 Å². The molecule has 17 heteroatoms. The van der Waals surface area contributed by atoms with Gasteiger partial charge in [-0.1, -0.05) is 11.6 Å². The van der Waals surface area contributed by atoms with Crippen molar-refractivity contribution < 1.29 is 50.6 Å². The molecule has 222 valence electrons. The molecule has 0 bridgehead atoms. The normalized spacial score (nSPS) is 22.5. The highest BCUT2D eigenvalue weighted by atomic mass is 35.5. The highest BCUT2D eigenvalue weighted by Gasteiger charge is 2.63. The number of nitrogens with two attached hydrogens (primary N) is 1. The van der Waals surface area contributed by atoms with E-state index in [0.29, 0.717) is 16.1 Å². The predicted molar refractivity (Wildman–Crippen MR) is 138 cm³/mol. The summed E-state index contributed by atoms with van der Waals surface area (Å²) in [4.78, 5) is 15.7. The van der Waals surface area contributed by atoms with Gasteiger partial charge in [-0.05, 0) is 48.5 Å². The van der Waals surface area contributed by atoms with Gasteiger partial charge >= 0.3 is 13.5 Å². The Kier molecular flexibility index (Phi) is 9.04. The zero-order chi connectivity index (χ0) is 29.9. The quantitative estimate of drug-likeness (QED) is 0.299. The molecule has 4 rings (SSSR count). The summed E-state index contributed by atoms with van der Waals surface area (Å²) >= 11 is 5.86. The van der Waals surface area contributed by atoms with Crippen molar-refractivity contribution in [1.29, 1.82) is 0 Å². The summed E-state index contributed by atoms with van der Waals surface area (Å²) in [6, 6.07) is 11.2. The number of aliphatic hydroxyl groups is 1. The first-order chi connectivity index (χ1) is 19.4. The lowest BCUT2D eigenvalue weighted by molar-refractivity contribution is -0.184. The molecule has 3 N–H and O–H groups in total. The molecule has 3 aromatic rings. The molecule has 1 saturated heterocycles. The van der Waals surface area contributed by atoms with Crippen molar-refractivity contribution in [3.8, 4) is 23.0 Å². The first kappa shape index (κ1) is 30.5. The molecule has 0 unspecified atom stereocenters. The molecule has 1 aromatic heterocycles. The molecule has 0 radical (unpaired) electrons. The fourth-order valence-electron chi connectivity index (χ4n) is 3.79. The Labute approximate surface area is 235 Å². The van der Waals surface area contributed by atoms with Crippen LogP contribution in [0, 0.1) is 0 Å². The van der Waals surface area contributed by atoms with Crippen molar-refractivity contribution in [3.05, 3.63) is 70.2 Å². The highest BCUT2D eigenvalue weighted by molar-refractivity contribution is 7.49. The smallest absolute Gasteiger partial charge is 0.497 e. The number of nitrogen functional groups attached to an aromatic ring is 1. The van der Waals surface area contributed by atoms with Crippen molar-refractivity contribution in [2.45, 2.75) is 30.5 Å². The Morgan fingerprint density at radius 2 is 1.56 bits per heavy atom. The zero-order valence-corrected chi connectivity index (χ0v) is 23.0. The minimum absolute atomic E-state index is 0.0788. The van der Waals surface area contributed by atoms with E-state index in [0.717, 1.165) is 6.20 Å². The van der Waals surface area contributed by atoms with E-state index in [1.54, 1.807) is 0 Å². The van der Waals surface area contributed by atoms with Crippen molar-refractivity contribution >= 4 is 25.2 Å². The maximum atomic E-state index is 15.4. The van der Waals surface area contributed by atoms with Gasteiger partial charge in [0, 0.05) is 6.20 Å². The SMILES string of the molecule is COc1ccc(OP(=O)(OC[C@@]2(C(F)F)O[C@@H](n3cc(Cl)c(N)nc3=O)[C@H](O)[C@H]2F)Oc2ccc(OC)cc2)cc1. The minimum atomic E-state index is -4.87. The molecule has 0 saturated carbocycles. The van der Waals surface area contributed by atoms with Gasteiger partial charge in [0.15, 0.2) is 18.0 Å². The maximum absolute atomic E-state index is 15.4. The number of aromatic nitrogens is 2. The molecule has 1 aliphatic heterocycles. The van der Waals surface area contributed by atoms with Gasteiger partial charge in [0.25, 0.3) is 6.43 Å². The van der Waals surface area contributed by atoms with E-state index in [4.69, 9.17) is 45.1 Å². The highest BCUT2D eigenvalue weighted by Crippen LogP contribution is 2.53. The number of halogens is 4. The average molecular weight is 622 g/mol. The number of phosphoric acid groups is 1. The van der Waals surface area contributed by atoms with Gasteiger partial charge in [-0.25, -0.2) is 22.5 Å². The molecule has 2 aromatic carbocycles. The van der Waals surface area contributed by atoms with Crippen LogP contribution in [0.3, 0.4) is 0 Å². The van der Waals surface area contributed by atoms with E-state index in [1.807, 2.05) is 0 Å². The van der Waals surface area contributed by atoms with Crippen molar-refractivity contribution in [1.82, 2.24) is 9.55 Å². The molecule has 1 aliphatic rings. The molecule has 1 fully saturated rings. The molecule has 12 nitrogen and oxygen atoms in total. The molecule has 0 spiro atoms. The standard InChI is InChI=1S/C24H24ClF3N3O9P/c1-35-13-3-7-15(8-4-13)39-41(34,40-16-9-5-14(36-2)6-10-16)37-12-24(22(27)28)19(26)18(32)21(38-24)31-11-17(25)20(29)30-23(31)33/h3-11,18-19,21-22,32H,12H2,1-2H3,(H2,29,30,33)/t18-,19-,21-,24-/m1/s1.